The molecular formula is C24H22O6. The lowest BCUT2D eigenvalue weighted by Crippen LogP contribution is -2.12. The van der Waals surface area contributed by atoms with Crippen molar-refractivity contribution in [2.24, 2.45) is 0 Å². The van der Waals surface area contributed by atoms with Crippen molar-refractivity contribution in [1.82, 2.24) is 0 Å². The molecule has 0 amide bonds. The smallest absolute Gasteiger partial charge is 0.341 e. The fourth-order valence-corrected chi connectivity index (χ4v) is 2.81. The highest BCUT2D eigenvalue weighted by Gasteiger charge is 2.23. The summed E-state index contributed by atoms with van der Waals surface area (Å²) in [4.78, 5) is 24.6. The number of hydrogen-bond donors (Lipinski definition) is 0. The minimum absolute atomic E-state index is 0.112. The summed E-state index contributed by atoms with van der Waals surface area (Å²) in [6.07, 6.45) is 0. The van der Waals surface area contributed by atoms with E-state index in [1.165, 1.54) is 26.4 Å². The van der Waals surface area contributed by atoms with Gasteiger partial charge in [0, 0.05) is 6.07 Å². The van der Waals surface area contributed by atoms with Gasteiger partial charge in [0.25, 0.3) is 0 Å². The van der Waals surface area contributed by atoms with Gasteiger partial charge in [0.1, 0.15) is 35.8 Å². The second kappa shape index (κ2) is 10.1. The average Bonchev–Trinajstić information content (AvgIpc) is 2.81. The van der Waals surface area contributed by atoms with Crippen LogP contribution in [-0.4, -0.2) is 26.2 Å². The van der Waals surface area contributed by atoms with Crippen LogP contribution in [0.3, 0.4) is 0 Å². The van der Waals surface area contributed by atoms with Crippen LogP contribution in [0.15, 0.2) is 72.8 Å². The summed E-state index contributed by atoms with van der Waals surface area (Å²) < 4.78 is 21.5. The van der Waals surface area contributed by atoms with E-state index in [-0.39, 0.29) is 35.8 Å². The largest absolute Gasteiger partial charge is 0.488 e. The molecule has 3 aromatic carbocycles. The molecule has 6 nitrogen and oxygen atoms in total. The van der Waals surface area contributed by atoms with Gasteiger partial charge in [0.05, 0.1) is 14.2 Å². The predicted octanol–water partition coefficient (Wildman–Crippen LogP) is 4.42. The average molecular weight is 406 g/mol. The van der Waals surface area contributed by atoms with Crippen molar-refractivity contribution in [3.8, 4) is 11.5 Å². The Bertz CT molecular complexity index is 920. The molecule has 6 heteroatoms. The maximum absolute atomic E-state index is 12.3. The van der Waals surface area contributed by atoms with Gasteiger partial charge in [0.2, 0.25) is 0 Å². The zero-order chi connectivity index (χ0) is 21.3. The summed E-state index contributed by atoms with van der Waals surface area (Å²) in [6.45, 7) is 0.473. The molecule has 0 atom stereocenters. The van der Waals surface area contributed by atoms with Crippen molar-refractivity contribution >= 4 is 11.9 Å². The van der Waals surface area contributed by atoms with Crippen LogP contribution in [0.2, 0.25) is 0 Å². The molecule has 0 unspecified atom stereocenters. The molecule has 154 valence electrons. The summed E-state index contributed by atoms with van der Waals surface area (Å²) >= 11 is 0. The number of methoxy groups -OCH3 is 2. The Morgan fingerprint density at radius 3 is 1.40 bits per heavy atom. The van der Waals surface area contributed by atoms with E-state index in [2.05, 4.69) is 0 Å². The maximum Gasteiger partial charge on any atom is 0.341 e. The van der Waals surface area contributed by atoms with Crippen LogP contribution in [0.4, 0.5) is 0 Å². The molecule has 30 heavy (non-hydrogen) atoms. The van der Waals surface area contributed by atoms with Gasteiger partial charge in [-0.25, -0.2) is 9.59 Å². The van der Waals surface area contributed by atoms with Crippen LogP contribution >= 0.6 is 0 Å². The second-order valence-electron chi connectivity index (χ2n) is 6.38. The minimum atomic E-state index is -0.627. The Labute approximate surface area is 175 Å². The van der Waals surface area contributed by atoms with Gasteiger partial charge in [-0.3, -0.25) is 0 Å². The number of hydrogen-bond acceptors (Lipinski definition) is 6. The number of carbonyl (C=O) groups excluding carboxylic acids is 2. The molecule has 0 spiro atoms. The zero-order valence-corrected chi connectivity index (χ0v) is 16.8. The molecule has 0 aromatic heterocycles. The molecule has 0 radical (unpaired) electrons. The first-order valence-electron chi connectivity index (χ1n) is 9.30. The Kier molecular flexibility index (Phi) is 7.05. The number of ether oxygens (including phenoxy) is 4. The third-order valence-electron chi connectivity index (χ3n) is 4.37. The van der Waals surface area contributed by atoms with E-state index >= 15 is 0 Å². The molecule has 0 fully saturated rings. The zero-order valence-electron chi connectivity index (χ0n) is 16.8. The predicted molar refractivity (Wildman–Crippen MR) is 111 cm³/mol. The first kappa shape index (κ1) is 20.9. The molecule has 3 aromatic rings. The van der Waals surface area contributed by atoms with Gasteiger partial charge >= 0.3 is 11.9 Å². The van der Waals surface area contributed by atoms with E-state index in [4.69, 9.17) is 18.9 Å². The van der Waals surface area contributed by atoms with Crippen molar-refractivity contribution in [2.45, 2.75) is 13.2 Å². The highest BCUT2D eigenvalue weighted by atomic mass is 16.5. The van der Waals surface area contributed by atoms with E-state index in [1.807, 2.05) is 60.7 Å². The van der Waals surface area contributed by atoms with Gasteiger partial charge in [-0.1, -0.05) is 60.7 Å². The van der Waals surface area contributed by atoms with Gasteiger partial charge < -0.3 is 18.9 Å². The van der Waals surface area contributed by atoms with Crippen molar-refractivity contribution in [2.75, 3.05) is 14.2 Å². The van der Waals surface area contributed by atoms with Gasteiger partial charge in [-0.05, 0) is 17.2 Å². The van der Waals surface area contributed by atoms with Crippen LogP contribution in [0.5, 0.6) is 11.5 Å². The summed E-state index contributed by atoms with van der Waals surface area (Å²) in [6, 6.07) is 21.9. The molecule has 0 aliphatic carbocycles. The molecule has 0 N–H and O–H groups in total. The standard InChI is InChI=1S/C24H22O6/c1-27-23(25)19-13-20(24(26)28-2)22(30-16-18-11-7-4-8-12-18)14-21(19)29-15-17-9-5-3-6-10-17/h3-14H,15-16H2,1-2H3. The van der Waals surface area contributed by atoms with Crippen LogP contribution in [0.1, 0.15) is 31.8 Å². The highest BCUT2D eigenvalue weighted by Crippen LogP contribution is 2.32. The van der Waals surface area contributed by atoms with Crippen molar-refractivity contribution in [1.29, 1.82) is 0 Å². The molecule has 0 aliphatic rings. The number of carbonyl (C=O) groups is 2. The second-order valence-corrected chi connectivity index (χ2v) is 6.38. The topological polar surface area (TPSA) is 71.1 Å². The van der Waals surface area contributed by atoms with Crippen LogP contribution in [-0.2, 0) is 22.7 Å². The van der Waals surface area contributed by atoms with Crippen molar-refractivity contribution in [3.05, 3.63) is 95.1 Å². The summed E-state index contributed by atoms with van der Waals surface area (Å²) in [5.41, 5.74) is 2.08. The van der Waals surface area contributed by atoms with Gasteiger partial charge in [-0.15, -0.1) is 0 Å². The van der Waals surface area contributed by atoms with Crippen molar-refractivity contribution < 1.29 is 28.5 Å². The Morgan fingerprint density at radius 2 is 1.03 bits per heavy atom. The summed E-state index contributed by atoms with van der Waals surface area (Å²) in [5, 5.41) is 0. The normalized spacial score (nSPS) is 10.2. The maximum atomic E-state index is 12.3. The fourth-order valence-electron chi connectivity index (χ4n) is 2.81. The number of rotatable bonds is 8. The minimum Gasteiger partial charge on any atom is -0.488 e. The summed E-state index contributed by atoms with van der Waals surface area (Å²) in [7, 11) is 2.53. The fraction of sp³-hybridized carbons (Fsp3) is 0.167. The van der Waals surface area contributed by atoms with E-state index in [0.29, 0.717) is 0 Å². The van der Waals surface area contributed by atoms with E-state index in [9.17, 15) is 9.59 Å². The van der Waals surface area contributed by atoms with E-state index in [0.717, 1.165) is 11.1 Å². The molecule has 0 heterocycles. The molecule has 0 saturated heterocycles. The van der Waals surface area contributed by atoms with E-state index in [1.54, 1.807) is 0 Å². The number of esters is 2. The highest BCUT2D eigenvalue weighted by molar-refractivity contribution is 5.99. The lowest BCUT2D eigenvalue weighted by atomic mass is 10.1. The molecule has 0 saturated carbocycles. The lowest BCUT2D eigenvalue weighted by molar-refractivity contribution is 0.0592. The first-order valence-corrected chi connectivity index (χ1v) is 9.30. The Hall–Kier alpha value is -3.80. The molecule has 0 aliphatic heterocycles. The van der Waals surface area contributed by atoms with Crippen molar-refractivity contribution in [3.63, 3.8) is 0 Å². The van der Waals surface area contributed by atoms with Crippen LogP contribution in [0, 0.1) is 0 Å². The third kappa shape index (κ3) is 5.17. The molecular weight excluding hydrogens is 384 g/mol. The Balaban J connectivity index is 1.95. The first-order chi connectivity index (χ1) is 14.6. The van der Waals surface area contributed by atoms with Gasteiger partial charge in [0.15, 0.2) is 0 Å². The molecule has 0 bridgehead atoms. The molecule has 3 rings (SSSR count). The van der Waals surface area contributed by atoms with Crippen LogP contribution in [0.25, 0.3) is 0 Å². The van der Waals surface area contributed by atoms with Gasteiger partial charge in [-0.2, -0.15) is 0 Å². The monoisotopic (exact) mass is 406 g/mol. The lowest BCUT2D eigenvalue weighted by Gasteiger charge is -2.16. The quantitative estimate of drug-likeness (QED) is 0.516. The van der Waals surface area contributed by atoms with Crippen LogP contribution < -0.4 is 9.47 Å². The van der Waals surface area contributed by atoms with E-state index < -0.39 is 11.9 Å². The Morgan fingerprint density at radius 1 is 0.633 bits per heavy atom. The summed E-state index contributed by atoms with van der Waals surface area (Å²) in [5.74, 6) is -0.751. The number of benzene rings is 3. The SMILES string of the molecule is COC(=O)c1cc(C(=O)OC)c(OCc2ccccc2)cc1OCc1ccccc1. The third-order valence-corrected chi connectivity index (χ3v) is 4.37.